The molecule has 2 rings (SSSR count). The number of rotatable bonds is 3. The van der Waals surface area contributed by atoms with Crippen molar-refractivity contribution in [3.63, 3.8) is 0 Å². The highest BCUT2D eigenvalue weighted by atomic mass is 35.5. The third-order valence-corrected chi connectivity index (χ3v) is 3.46. The van der Waals surface area contributed by atoms with E-state index < -0.39 is 0 Å². The zero-order valence-corrected chi connectivity index (χ0v) is 10.0. The van der Waals surface area contributed by atoms with Crippen molar-refractivity contribution in [2.24, 2.45) is 0 Å². The summed E-state index contributed by atoms with van der Waals surface area (Å²) in [6.45, 7) is 0.164. The molecule has 2 N–H and O–H groups in total. The molecule has 1 aliphatic rings. The second-order valence-electron chi connectivity index (χ2n) is 4.49. The fraction of sp³-hybridized carbons (Fsp3) is 0.583. The molecular formula is C12H17ClN2O. The molecule has 1 aliphatic carbocycles. The van der Waals surface area contributed by atoms with Gasteiger partial charge in [-0.15, -0.1) is 0 Å². The SMILES string of the molecule is OCC1(Nc2ccc(Cl)cn2)CCCCC1. The number of aliphatic hydroxyl groups excluding tert-OH is 1. The Balaban J connectivity index is 2.08. The highest BCUT2D eigenvalue weighted by Gasteiger charge is 2.31. The van der Waals surface area contributed by atoms with E-state index in [0.717, 1.165) is 18.7 Å². The second-order valence-corrected chi connectivity index (χ2v) is 4.92. The molecule has 0 aromatic carbocycles. The van der Waals surface area contributed by atoms with E-state index in [0.29, 0.717) is 5.02 Å². The Bertz CT molecular complexity index is 333. The van der Waals surface area contributed by atoms with Crippen molar-refractivity contribution in [1.82, 2.24) is 4.98 Å². The van der Waals surface area contributed by atoms with Crippen LogP contribution in [0.15, 0.2) is 18.3 Å². The van der Waals surface area contributed by atoms with Crippen molar-refractivity contribution in [3.8, 4) is 0 Å². The van der Waals surface area contributed by atoms with Crippen LogP contribution in [0.5, 0.6) is 0 Å². The minimum Gasteiger partial charge on any atom is -0.394 e. The van der Waals surface area contributed by atoms with Gasteiger partial charge in [0.1, 0.15) is 5.82 Å². The average molecular weight is 241 g/mol. The average Bonchev–Trinajstić information content (AvgIpc) is 2.33. The molecule has 0 aliphatic heterocycles. The minimum atomic E-state index is -0.181. The van der Waals surface area contributed by atoms with Crippen LogP contribution in [0.2, 0.25) is 5.02 Å². The van der Waals surface area contributed by atoms with Crippen LogP contribution < -0.4 is 5.32 Å². The van der Waals surface area contributed by atoms with Crippen molar-refractivity contribution in [1.29, 1.82) is 0 Å². The summed E-state index contributed by atoms with van der Waals surface area (Å²) in [6.07, 6.45) is 7.24. The third kappa shape index (κ3) is 2.66. The quantitative estimate of drug-likeness (QED) is 0.854. The van der Waals surface area contributed by atoms with Crippen LogP contribution in [0.3, 0.4) is 0 Å². The Hall–Kier alpha value is -0.800. The van der Waals surface area contributed by atoms with Crippen LogP contribution in [0.25, 0.3) is 0 Å². The Morgan fingerprint density at radius 3 is 2.62 bits per heavy atom. The van der Waals surface area contributed by atoms with Gasteiger partial charge in [0.25, 0.3) is 0 Å². The van der Waals surface area contributed by atoms with Gasteiger partial charge in [0.15, 0.2) is 0 Å². The molecule has 3 nitrogen and oxygen atoms in total. The van der Waals surface area contributed by atoms with Crippen molar-refractivity contribution in [2.45, 2.75) is 37.6 Å². The van der Waals surface area contributed by atoms with Gasteiger partial charge >= 0.3 is 0 Å². The fourth-order valence-corrected chi connectivity index (χ4v) is 2.38. The third-order valence-electron chi connectivity index (χ3n) is 3.23. The van der Waals surface area contributed by atoms with E-state index in [1.807, 2.05) is 12.1 Å². The lowest BCUT2D eigenvalue weighted by atomic mass is 9.82. The van der Waals surface area contributed by atoms with Gasteiger partial charge in [-0.1, -0.05) is 30.9 Å². The zero-order chi connectivity index (χ0) is 11.4. The summed E-state index contributed by atoms with van der Waals surface area (Å²) in [5, 5.41) is 13.5. The fourth-order valence-electron chi connectivity index (χ4n) is 2.27. The summed E-state index contributed by atoms with van der Waals surface area (Å²) in [6, 6.07) is 3.67. The summed E-state index contributed by atoms with van der Waals surface area (Å²) in [4.78, 5) is 4.21. The van der Waals surface area contributed by atoms with Crippen molar-refractivity contribution in [3.05, 3.63) is 23.4 Å². The van der Waals surface area contributed by atoms with Crippen LogP contribution in [-0.2, 0) is 0 Å². The van der Waals surface area contributed by atoms with Crippen LogP contribution in [-0.4, -0.2) is 22.2 Å². The lowest BCUT2D eigenvalue weighted by Crippen LogP contribution is -2.44. The largest absolute Gasteiger partial charge is 0.394 e. The molecule has 1 aromatic rings. The van der Waals surface area contributed by atoms with Crippen molar-refractivity contribution < 1.29 is 5.11 Å². The molecule has 0 saturated heterocycles. The van der Waals surface area contributed by atoms with Crippen LogP contribution in [0.4, 0.5) is 5.82 Å². The Morgan fingerprint density at radius 2 is 2.06 bits per heavy atom. The predicted octanol–water partition coefficient (Wildman–Crippen LogP) is 2.84. The summed E-state index contributed by atoms with van der Waals surface area (Å²) < 4.78 is 0. The molecule has 0 unspecified atom stereocenters. The molecule has 4 heteroatoms. The number of aliphatic hydroxyl groups is 1. The number of halogens is 1. The summed E-state index contributed by atoms with van der Waals surface area (Å²) in [5.41, 5.74) is -0.181. The number of aromatic nitrogens is 1. The van der Waals surface area contributed by atoms with Gasteiger partial charge in [0.05, 0.1) is 17.2 Å². The smallest absolute Gasteiger partial charge is 0.126 e. The minimum absolute atomic E-state index is 0.164. The summed E-state index contributed by atoms with van der Waals surface area (Å²) in [7, 11) is 0. The monoisotopic (exact) mass is 240 g/mol. The van der Waals surface area contributed by atoms with Gasteiger partial charge in [0, 0.05) is 6.20 Å². The van der Waals surface area contributed by atoms with Crippen LogP contribution in [0.1, 0.15) is 32.1 Å². The first kappa shape index (κ1) is 11.7. The maximum Gasteiger partial charge on any atom is 0.126 e. The highest BCUT2D eigenvalue weighted by Crippen LogP contribution is 2.30. The van der Waals surface area contributed by atoms with E-state index in [1.54, 1.807) is 6.20 Å². The molecule has 88 valence electrons. The maximum absolute atomic E-state index is 9.54. The van der Waals surface area contributed by atoms with E-state index in [4.69, 9.17) is 11.6 Å². The summed E-state index contributed by atoms with van der Waals surface area (Å²) in [5.74, 6) is 0.792. The highest BCUT2D eigenvalue weighted by molar-refractivity contribution is 6.30. The molecular weight excluding hydrogens is 224 g/mol. The molecule has 1 aromatic heterocycles. The standard InChI is InChI=1S/C12H17ClN2O/c13-10-4-5-11(14-8-10)15-12(9-16)6-2-1-3-7-12/h4-5,8,16H,1-3,6-7,9H2,(H,14,15). The Labute approximate surface area is 101 Å². The number of hydrogen-bond donors (Lipinski definition) is 2. The first-order valence-corrected chi connectivity index (χ1v) is 6.12. The molecule has 0 radical (unpaired) electrons. The van der Waals surface area contributed by atoms with Crippen LogP contribution in [0, 0.1) is 0 Å². The normalized spacial score (nSPS) is 19.4. The number of pyridine rings is 1. The molecule has 1 saturated carbocycles. The van der Waals surface area contributed by atoms with E-state index in [-0.39, 0.29) is 12.1 Å². The van der Waals surface area contributed by atoms with E-state index in [1.165, 1.54) is 19.3 Å². The lowest BCUT2D eigenvalue weighted by molar-refractivity contribution is 0.172. The van der Waals surface area contributed by atoms with E-state index in [2.05, 4.69) is 10.3 Å². The van der Waals surface area contributed by atoms with E-state index >= 15 is 0 Å². The molecule has 16 heavy (non-hydrogen) atoms. The molecule has 0 amide bonds. The number of hydrogen-bond acceptors (Lipinski definition) is 3. The Morgan fingerprint density at radius 1 is 1.31 bits per heavy atom. The first-order chi connectivity index (χ1) is 7.74. The predicted molar refractivity (Wildman–Crippen MR) is 65.8 cm³/mol. The van der Waals surface area contributed by atoms with Gasteiger partial charge in [0.2, 0.25) is 0 Å². The lowest BCUT2D eigenvalue weighted by Gasteiger charge is -2.36. The van der Waals surface area contributed by atoms with E-state index in [9.17, 15) is 5.11 Å². The number of anilines is 1. The van der Waals surface area contributed by atoms with Gasteiger partial charge in [-0.2, -0.15) is 0 Å². The zero-order valence-electron chi connectivity index (χ0n) is 9.25. The molecule has 0 bridgehead atoms. The van der Waals surface area contributed by atoms with Gasteiger partial charge < -0.3 is 10.4 Å². The van der Waals surface area contributed by atoms with Crippen molar-refractivity contribution in [2.75, 3.05) is 11.9 Å². The molecule has 1 heterocycles. The topological polar surface area (TPSA) is 45.1 Å². The number of nitrogens with one attached hydrogen (secondary N) is 1. The van der Waals surface area contributed by atoms with Gasteiger partial charge in [-0.25, -0.2) is 4.98 Å². The van der Waals surface area contributed by atoms with Crippen LogP contribution >= 0.6 is 11.6 Å². The van der Waals surface area contributed by atoms with Gasteiger partial charge in [-0.3, -0.25) is 0 Å². The Kier molecular flexibility index (Phi) is 3.66. The maximum atomic E-state index is 9.54. The second kappa shape index (κ2) is 5.02. The molecule has 0 spiro atoms. The van der Waals surface area contributed by atoms with Crippen molar-refractivity contribution >= 4 is 17.4 Å². The number of nitrogens with zero attached hydrogens (tertiary/aromatic N) is 1. The molecule has 1 fully saturated rings. The summed E-state index contributed by atoms with van der Waals surface area (Å²) >= 11 is 5.78. The first-order valence-electron chi connectivity index (χ1n) is 5.75. The van der Waals surface area contributed by atoms with Gasteiger partial charge in [-0.05, 0) is 25.0 Å². The molecule has 0 atom stereocenters.